The van der Waals surface area contributed by atoms with Gasteiger partial charge in [0, 0.05) is 12.0 Å². The Hall–Kier alpha value is -2.14. The molecule has 122 valence electrons. The quantitative estimate of drug-likeness (QED) is 0.507. The third kappa shape index (κ3) is 10.6. The molecule has 0 unspecified atom stereocenters. The molecule has 1 aromatic carbocycles. The molecule has 0 heterocycles. The highest BCUT2D eigenvalue weighted by Crippen LogP contribution is 2.09. The van der Waals surface area contributed by atoms with Crippen LogP contribution in [0.1, 0.15) is 44.6 Å². The molecule has 5 N–H and O–H groups in total. The van der Waals surface area contributed by atoms with Crippen LogP contribution in [-0.4, -0.2) is 23.5 Å². The minimum Gasteiger partial charge on any atom is -0.478 e. The summed E-state index contributed by atoms with van der Waals surface area (Å²) >= 11 is 0. The van der Waals surface area contributed by atoms with Crippen molar-refractivity contribution < 1.29 is 14.7 Å². The van der Waals surface area contributed by atoms with Gasteiger partial charge in [0.2, 0.25) is 5.91 Å². The van der Waals surface area contributed by atoms with E-state index >= 15 is 0 Å². The fourth-order valence-corrected chi connectivity index (χ4v) is 1.69. The lowest BCUT2D eigenvalue weighted by Crippen LogP contribution is -2.09. The van der Waals surface area contributed by atoms with Gasteiger partial charge in [-0.25, -0.2) is 4.79 Å². The summed E-state index contributed by atoms with van der Waals surface area (Å²) in [6.07, 6.45) is 5.63. The van der Waals surface area contributed by atoms with Crippen LogP contribution in [0.15, 0.2) is 35.9 Å². The zero-order valence-electron chi connectivity index (χ0n) is 13.1. The third-order valence-corrected chi connectivity index (χ3v) is 2.92. The van der Waals surface area contributed by atoms with E-state index in [0.717, 1.165) is 24.8 Å². The van der Waals surface area contributed by atoms with Crippen molar-refractivity contribution in [3.05, 3.63) is 41.5 Å². The Balaban J connectivity index is 0.000000433. The molecule has 1 aromatic rings. The van der Waals surface area contributed by atoms with Gasteiger partial charge in [0.1, 0.15) is 0 Å². The molecule has 0 radical (unpaired) electrons. The van der Waals surface area contributed by atoms with E-state index in [1.165, 1.54) is 0 Å². The summed E-state index contributed by atoms with van der Waals surface area (Å²) in [6.45, 7) is 2.54. The zero-order valence-corrected chi connectivity index (χ0v) is 13.1. The molecular formula is C17H26N2O3. The summed E-state index contributed by atoms with van der Waals surface area (Å²) in [7, 11) is 0. The van der Waals surface area contributed by atoms with E-state index in [2.05, 4.69) is 0 Å². The van der Waals surface area contributed by atoms with Gasteiger partial charge in [0.05, 0.1) is 0 Å². The lowest BCUT2D eigenvalue weighted by molar-refractivity contribution is -0.132. The van der Waals surface area contributed by atoms with Crippen LogP contribution >= 0.6 is 0 Å². The number of aliphatic carboxylic acids is 1. The van der Waals surface area contributed by atoms with Crippen LogP contribution in [0.3, 0.4) is 0 Å². The maximum atomic E-state index is 10.7. The number of rotatable bonds is 8. The van der Waals surface area contributed by atoms with E-state index in [9.17, 15) is 9.59 Å². The number of carbonyl (C=O) groups is 2. The van der Waals surface area contributed by atoms with Crippen molar-refractivity contribution in [1.29, 1.82) is 0 Å². The Kier molecular flexibility index (Phi) is 11.4. The van der Waals surface area contributed by atoms with Crippen LogP contribution in [0.2, 0.25) is 0 Å². The van der Waals surface area contributed by atoms with E-state index < -0.39 is 5.97 Å². The molecule has 1 amide bonds. The van der Waals surface area contributed by atoms with Crippen molar-refractivity contribution in [2.24, 2.45) is 11.5 Å². The second-order valence-corrected chi connectivity index (χ2v) is 4.80. The standard InChI is InChI=1S/C11H12O2.C6H14N2O/c1-2-10(11(12)13)8-9-6-4-3-5-7-9;7-5-3-1-2-4-6(8)9/h3-8H,2H2,1H3,(H,12,13);1-5,7H2,(H2,8,9). The number of primary amides is 1. The number of amides is 1. The Bertz CT molecular complexity index is 470. The molecule has 0 spiro atoms. The number of carboxylic acids is 1. The van der Waals surface area contributed by atoms with Crippen molar-refractivity contribution in [3.63, 3.8) is 0 Å². The predicted molar refractivity (Wildman–Crippen MR) is 89.1 cm³/mol. The second kappa shape index (κ2) is 12.6. The van der Waals surface area contributed by atoms with Crippen LogP contribution < -0.4 is 11.5 Å². The molecule has 0 aromatic heterocycles. The first kappa shape index (κ1) is 19.9. The summed E-state index contributed by atoms with van der Waals surface area (Å²) in [5, 5.41) is 8.77. The van der Waals surface area contributed by atoms with Crippen LogP contribution in [0, 0.1) is 0 Å². The van der Waals surface area contributed by atoms with Gasteiger partial charge in [-0.05, 0) is 37.4 Å². The predicted octanol–water partition coefficient (Wildman–Crippen LogP) is 2.56. The van der Waals surface area contributed by atoms with Crippen LogP contribution in [-0.2, 0) is 9.59 Å². The smallest absolute Gasteiger partial charge is 0.331 e. The molecule has 0 aliphatic rings. The van der Waals surface area contributed by atoms with Crippen molar-refractivity contribution in [2.75, 3.05) is 6.54 Å². The molecular weight excluding hydrogens is 280 g/mol. The number of benzene rings is 1. The Morgan fingerprint density at radius 3 is 2.23 bits per heavy atom. The molecule has 0 saturated heterocycles. The zero-order chi connectivity index (χ0) is 16.8. The first-order valence-corrected chi connectivity index (χ1v) is 7.48. The van der Waals surface area contributed by atoms with Gasteiger partial charge in [-0.15, -0.1) is 0 Å². The van der Waals surface area contributed by atoms with E-state index in [-0.39, 0.29) is 5.91 Å². The number of hydrogen-bond acceptors (Lipinski definition) is 3. The van der Waals surface area contributed by atoms with Crippen LogP contribution in [0.25, 0.3) is 6.08 Å². The molecule has 0 aliphatic carbocycles. The Labute approximate surface area is 132 Å². The highest BCUT2D eigenvalue weighted by Gasteiger charge is 2.03. The minimum absolute atomic E-state index is 0.216. The topological polar surface area (TPSA) is 106 Å². The van der Waals surface area contributed by atoms with E-state index in [1.807, 2.05) is 37.3 Å². The molecule has 0 atom stereocenters. The summed E-state index contributed by atoms with van der Waals surface area (Å²) in [6, 6.07) is 9.46. The summed E-state index contributed by atoms with van der Waals surface area (Å²) in [5.74, 6) is -1.06. The van der Waals surface area contributed by atoms with Crippen molar-refractivity contribution in [1.82, 2.24) is 0 Å². The molecule has 0 saturated carbocycles. The van der Waals surface area contributed by atoms with E-state index in [4.69, 9.17) is 16.6 Å². The molecule has 0 aliphatic heterocycles. The number of nitrogens with two attached hydrogens (primary N) is 2. The maximum Gasteiger partial charge on any atom is 0.331 e. The lowest BCUT2D eigenvalue weighted by Gasteiger charge is -1.97. The van der Waals surface area contributed by atoms with Gasteiger partial charge in [0.25, 0.3) is 0 Å². The fraction of sp³-hybridized carbons (Fsp3) is 0.412. The average molecular weight is 306 g/mol. The highest BCUT2D eigenvalue weighted by atomic mass is 16.4. The molecule has 0 bridgehead atoms. The van der Waals surface area contributed by atoms with Crippen molar-refractivity contribution in [3.8, 4) is 0 Å². The molecule has 0 fully saturated rings. The molecule has 5 nitrogen and oxygen atoms in total. The number of carbonyl (C=O) groups excluding carboxylic acids is 1. The summed E-state index contributed by atoms with van der Waals surface area (Å²) < 4.78 is 0. The number of carboxylic acid groups (broad SMARTS) is 1. The summed E-state index contributed by atoms with van der Waals surface area (Å²) in [5.41, 5.74) is 11.5. The molecule has 1 rings (SSSR count). The van der Waals surface area contributed by atoms with Gasteiger partial charge in [-0.3, -0.25) is 4.79 Å². The largest absolute Gasteiger partial charge is 0.478 e. The average Bonchev–Trinajstić information content (AvgIpc) is 2.50. The normalized spacial score (nSPS) is 10.5. The maximum absolute atomic E-state index is 10.7. The first-order valence-electron chi connectivity index (χ1n) is 7.48. The first-order chi connectivity index (χ1) is 10.5. The van der Waals surface area contributed by atoms with Gasteiger partial charge in [0.15, 0.2) is 0 Å². The Morgan fingerprint density at radius 2 is 1.77 bits per heavy atom. The van der Waals surface area contributed by atoms with Gasteiger partial charge in [-0.1, -0.05) is 43.7 Å². The van der Waals surface area contributed by atoms with Gasteiger partial charge in [-0.2, -0.15) is 0 Å². The Morgan fingerprint density at radius 1 is 1.14 bits per heavy atom. The van der Waals surface area contributed by atoms with E-state index in [1.54, 1.807) is 6.08 Å². The van der Waals surface area contributed by atoms with Gasteiger partial charge < -0.3 is 16.6 Å². The highest BCUT2D eigenvalue weighted by molar-refractivity contribution is 5.91. The van der Waals surface area contributed by atoms with Crippen LogP contribution in [0.4, 0.5) is 0 Å². The van der Waals surface area contributed by atoms with Crippen molar-refractivity contribution in [2.45, 2.75) is 39.0 Å². The number of unbranched alkanes of at least 4 members (excludes halogenated alkanes) is 2. The van der Waals surface area contributed by atoms with Crippen LogP contribution in [0.5, 0.6) is 0 Å². The number of hydrogen-bond donors (Lipinski definition) is 3. The molecule has 5 heteroatoms. The van der Waals surface area contributed by atoms with Crippen molar-refractivity contribution >= 4 is 18.0 Å². The van der Waals surface area contributed by atoms with Gasteiger partial charge >= 0.3 is 5.97 Å². The fourth-order valence-electron chi connectivity index (χ4n) is 1.69. The molecule has 22 heavy (non-hydrogen) atoms. The SMILES string of the molecule is CCC(=Cc1ccccc1)C(=O)O.NCCCCCC(N)=O. The van der Waals surface area contributed by atoms with E-state index in [0.29, 0.717) is 25.0 Å². The lowest BCUT2D eigenvalue weighted by atomic mass is 10.1. The third-order valence-electron chi connectivity index (χ3n) is 2.92. The summed E-state index contributed by atoms with van der Waals surface area (Å²) in [4.78, 5) is 20.8. The minimum atomic E-state index is -0.841. The second-order valence-electron chi connectivity index (χ2n) is 4.80. The monoisotopic (exact) mass is 306 g/mol.